The van der Waals surface area contributed by atoms with E-state index in [0.29, 0.717) is 17.8 Å². The fraction of sp³-hybridized carbons (Fsp3) is 0.857. The molecule has 0 aromatic heterocycles. The quantitative estimate of drug-likeness (QED) is 0.445. The van der Waals surface area contributed by atoms with E-state index in [-0.39, 0.29) is 22.6 Å². The standard InChI is InChI=1S/C21H36ClNO2/c1-13-7-8-15(21(5)12-10-16(22)19(2,3)25-21)17-14(13)9-11-20(4,24)18(17)23-6/h14-18,24H,1,6-12,23H2,2-5H3/t14-,15+,16+,17+,18-,20-,21-/m1/s1. The van der Waals surface area contributed by atoms with Crippen LogP contribution < -0.4 is 5.32 Å². The van der Waals surface area contributed by atoms with Gasteiger partial charge in [0.1, 0.15) is 5.60 Å². The predicted molar refractivity (Wildman–Crippen MR) is 102 cm³/mol. The second-order valence-corrected chi connectivity index (χ2v) is 10.2. The zero-order chi connectivity index (χ0) is 18.6. The first-order chi connectivity index (χ1) is 11.5. The van der Waals surface area contributed by atoms with Crippen LogP contribution in [0.4, 0.5) is 0 Å². The van der Waals surface area contributed by atoms with Crippen molar-refractivity contribution in [2.24, 2.45) is 17.8 Å². The number of hydrogen-bond acceptors (Lipinski definition) is 2. The monoisotopic (exact) mass is 369 g/mol. The zero-order valence-electron chi connectivity index (χ0n) is 16.4. The Balaban J connectivity index is 1.95. The van der Waals surface area contributed by atoms with Gasteiger partial charge in [-0.3, -0.25) is 0 Å². The maximum atomic E-state index is 11.0. The molecule has 3 N–H and O–H groups in total. The number of alkyl halides is 1. The highest BCUT2D eigenvalue weighted by atomic mass is 35.5. The molecule has 3 aliphatic rings. The number of hydrogen-bond donors (Lipinski definition) is 2. The van der Waals surface area contributed by atoms with Crippen molar-refractivity contribution in [3.8, 4) is 0 Å². The number of halogens is 1. The number of quaternary nitrogens is 1. The highest BCUT2D eigenvalue weighted by Gasteiger charge is 2.58. The van der Waals surface area contributed by atoms with E-state index in [0.717, 1.165) is 38.5 Å². The average molecular weight is 370 g/mol. The highest BCUT2D eigenvalue weighted by Crippen LogP contribution is 2.55. The molecule has 0 spiro atoms. The van der Waals surface area contributed by atoms with E-state index in [1.54, 1.807) is 0 Å². The third kappa shape index (κ3) is 3.31. The topological polar surface area (TPSA) is 46.1 Å². The minimum atomic E-state index is -0.686. The van der Waals surface area contributed by atoms with E-state index in [9.17, 15) is 5.11 Å². The summed E-state index contributed by atoms with van der Waals surface area (Å²) in [6.45, 7) is 12.9. The first-order valence-corrected chi connectivity index (χ1v) is 10.3. The molecule has 0 unspecified atom stereocenters. The molecule has 0 bridgehead atoms. The molecule has 3 fully saturated rings. The minimum absolute atomic E-state index is 0.0552. The molecule has 2 saturated carbocycles. The Labute approximate surface area is 158 Å². The van der Waals surface area contributed by atoms with Crippen LogP contribution in [-0.2, 0) is 4.74 Å². The van der Waals surface area contributed by atoms with Crippen LogP contribution in [0.15, 0.2) is 12.2 Å². The van der Waals surface area contributed by atoms with Crippen LogP contribution >= 0.6 is 11.6 Å². The lowest BCUT2D eigenvalue weighted by atomic mass is 9.54. The van der Waals surface area contributed by atoms with E-state index >= 15 is 0 Å². The Hall–Kier alpha value is -0.0900. The smallest absolute Gasteiger partial charge is 0.111 e. The number of aliphatic hydroxyl groups is 1. The van der Waals surface area contributed by atoms with Gasteiger partial charge in [-0.25, -0.2) is 0 Å². The first kappa shape index (κ1) is 19.7. The number of ether oxygens (including phenoxy) is 1. The summed E-state index contributed by atoms with van der Waals surface area (Å²) in [6, 6.07) is 0.0885. The normalized spacial score (nSPS) is 50.4. The third-order valence-corrected chi connectivity index (χ3v) is 8.25. The molecule has 3 rings (SSSR count). The Morgan fingerprint density at radius 3 is 2.48 bits per heavy atom. The summed E-state index contributed by atoms with van der Waals surface area (Å²) in [6.07, 6.45) is 5.96. The van der Waals surface area contributed by atoms with Crippen LogP contribution in [0, 0.1) is 24.8 Å². The molecule has 0 radical (unpaired) electrons. The summed E-state index contributed by atoms with van der Waals surface area (Å²) in [5.41, 5.74) is 0.151. The average Bonchev–Trinajstić information content (AvgIpc) is 2.50. The van der Waals surface area contributed by atoms with Crippen molar-refractivity contribution in [3.05, 3.63) is 19.2 Å². The Morgan fingerprint density at radius 1 is 1.20 bits per heavy atom. The molecular weight excluding hydrogens is 334 g/mol. The fourth-order valence-corrected chi connectivity index (χ4v) is 6.21. The fourth-order valence-electron chi connectivity index (χ4n) is 6.06. The lowest BCUT2D eigenvalue weighted by Crippen LogP contribution is -2.92. The second-order valence-electron chi connectivity index (χ2n) is 9.67. The van der Waals surface area contributed by atoms with E-state index in [4.69, 9.17) is 16.3 Å². The summed E-state index contributed by atoms with van der Waals surface area (Å²) in [7, 11) is 4.09. The van der Waals surface area contributed by atoms with Crippen molar-refractivity contribution >= 4 is 11.6 Å². The molecule has 1 saturated heterocycles. The number of rotatable bonds is 2. The Kier molecular flexibility index (Phi) is 5.12. The lowest BCUT2D eigenvalue weighted by Gasteiger charge is -2.58. The largest absolute Gasteiger partial charge is 0.474 e. The molecule has 2 aliphatic carbocycles. The first-order valence-electron chi connectivity index (χ1n) is 9.89. The zero-order valence-corrected chi connectivity index (χ0v) is 17.1. The van der Waals surface area contributed by atoms with Crippen LogP contribution in [-0.4, -0.2) is 33.3 Å². The van der Waals surface area contributed by atoms with Crippen LogP contribution in [0.1, 0.15) is 66.2 Å². The molecule has 3 nitrogen and oxygen atoms in total. The molecule has 4 heteroatoms. The summed E-state index contributed by atoms with van der Waals surface area (Å²) in [4.78, 5) is 0. The maximum Gasteiger partial charge on any atom is 0.111 e. The van der Waals surface area contributed by atoms with Gasteiger partial charge in [-0.1, -0.05) is 12.2 Å². The van der Waals surface area contributed by atoms with E-state index < -0.39 is 5.60 Å². The highest BCUT2D eigenvalue weighted by molar-refractivity contribution is 6.21. The van der Waals surface area contributed by atoms with Crippen molar-refractivity contribution < 1.29 is 15.2 Å². The molecule has 144 valence electrons. The molecule has 0 aromatic rings. The maximum absolute atomic E-state index is 11.0. The van der Waals surface area contributed by atoms with E-state index in [1.165, 1.54) is 5.57 Å². The van der Waals surface area contributed by atoms with Crippen molar-refractivity contribution in [3.63, 3.8) is 0 Å². The van der Waals surface area contributed by atoms with Crippen LogP contribution in [0.3, 0.4) is 0 Å². The molecule has 1 heterocycles. The summed E-state index contributed by atoms with van der Waals surface area (Å²) >= 11 is 6.54. The molecule has 25 heavy (non-hydrogen) atoms. The number of nitrogens with two attached hydrogens (primary N) is 1. The molecule has 7 atom stereocenters. The molecule has 0 aromatic carbocycles. The Bertz CT molecular complexity index is 532. The molecule has 1 aliphatic heterocycles. The Morgan fingerprint density at radius 2 is 1.88 bits per heavy atom. The van der Waals surface area contributed by atoms with Gasteiger partial charge in [0, 0.05) is 5.92 Å². The van der Waals surface area contributed by atoms with Crippen molar-refractivity contribution in [1.29, 1.82) is 0 Å². The van der Waals surface area contributed by atoms with Gasteiger partial charge in [-0.15, -0.1) is 11.6 Å². The van der Waals surface area contributed by atoms with Gasteiger partial charge >= 0.3 is 0 Å². The van der Waals surface area contributed by atoms with Gasteiger partial charge in [0.2, 0.25) is 0 Å². The third-order valence-electron chi connectivity index (χ3n) is 7.51. The van der Waals surface area contributed by atoms with Crippen LogP contribution in [0.25, 0.3) is 0 Å². The number of fused-ring (bicyclic) bond motifs is 1. The van der Waals surface area contributed by atoms with Crippen molar-refractivity contribution in [2.75, 3.05) is 0 Å². The summed E-state index contributed by atoms with van der Waals surface area (Å²) in [5.74, 6) is 1.23. The van der Waals surface area contributed by atoms with Crippen molar-refractivity contribution in [1.82, 2.24) is 0 Å². The minimum Gasteiger partial charge on any atom is -0.474 e. The van der Waals surface area contributed by atoms with Gasteiger partial charge in [0.15, 0.2) is 0 Å². The van der Waals surface area contributed by atoms with Crippen LogP contribution in [0.2, 0.25) is 0 Å². The van der Waals surface area contributed by atoms with E-state index in [1.807, 2.05) is 12.2 Å². The summed E-state index contributed by atoms with van der Waals surface area (Å²) < 4.78 is 6.68. The molecule has 0 amide bonds. The van der Waals surface area contributed by atoms with Gasteiger partial charge in [0.05, 0.1) is 22.6 Å². The summed E-state index contributed by atoms with van der Waals surface area (Å²) in [5, 5.41) is 13.1. The van der Waals surface area contributed by atoms with Gasteiger partial charge in [-0.05, 0) is 78.1 Å². The van der Waals surface area contributed by atoms with Gasteiger partial charge in [0.25, 0.3) is 0 Å². The predicted octanol–water partition coefficient (Wildman–Crippen LogP) is 3.41. The second kappa shape index (κ2) is 6.51. The van der Waals surface area contributed by atoms with E-state index in [2.05, 4.69) is 34.4 Å². The van der Waals surface area contributed by atoms with Crippen LogP contribution in [0.5, 0.6) is 0 Å². The SMILES string of the molecule is C=C1CC[C@H]([C@@]2(C)CC[C@H](Cl)C(C)(C)O2)[C@@H]2[C@@H]1CC[C@@](C)(O)[C@@H]2[NH2+][CH2-]. The van der Waals surface area contributed by atoms with Gasteiger partial charge in [-0.2, -0.15) is 7.05 Å². The molecular formula is C21H36ClNO2. The van der Waals surface area contributed by atoms with Crippen molar-refractivity contribution in [2.45, 2.75) is 94.4 Å². The number of allylic oxidation sites excluding steroid dienone is 1. The van der Waals surface area contributed by atoms with Gasteiger partial charge < -0.3 is 15.2 Å². The lowest BCUT2D eigenvalue weighted by molar-refractivity contribution is -0.665.